The first kappa shape index (κ1) is 14.8. The summed E-state index contributed by atoms with van der Waals surface area (Å²) >= 11 is 0. The van der Waals surface area contributed by atoms with Gasteiger partial charge in [-0.25, -0.2) is 0 Å². The zero-order valence-electron chi connectivity index (χ0n) is 12.4. The fourth-order valence-corrected chi connectivity index (χ4v) is 2.26. The summed E-state index contributed by atoms with van der Waals surface area (Å²) in [7, 11) is 0. The van der Waals surface area contributed by atoms with Gasteiger partial charge in [0.25, 0.3) is 5.69 Å². The molecule has 0 heterocycles. The van der Waals surface area contributed by atoms with Crippen LogP contribution in [0.2, 0.25) is 0 Å². The van der Waals surface area contributed by atoms with Crippen LogP contribution in [0.25, 0.3) is 0 Å². The van der Waals surface area contributed by atoms with Crippen molar-refractivity contribution in [1.29, 1.82) is 0 Å². The Labute approximate surface area is 133 Å². The molecule has 114 valence electrons. The van der Waals surface area contributed by atoms with Crippen LogP contribution in [0.4, 0.5) is 17.1 Å². The summed E-state index contributed by atoms with van der Waals surface area (Å²) in [4.78, 5) is 19.4. The molecule has 0 radical (unpaired) electrons. The van der Waals surface area contributed by atoms with E-state index >= 15 is 0 Å². The summed E-state index contributed by atoms with van der Waals surface area (Å²) in [5, 5.41) is 11.0. The summed E-state index contributed by atoms with van der Waals surface area (Å²) in [6, 6.07) is 4.53. The zero-order chi connectivity index (χ0) is 16.1. The summed E-state index contributed by atoms with van der Waals surface area (Å²) in [6.07, 6.45) is 17.2. The third kappa shape index (κ3) is 3.77. The molecule has 1 aromatic rings. The molecule has 0 aliphatic heterocycles. The Bertz CT molecular complexity index is 812. The number of hydrogen-bond acceptors (Lipinski definition) is 4. The molecular formula is C18H15N3O2. The van der Waals surface area contributed by atoms with Crippen LogP contribution in [0.1, 0.15) is 12.8 Å². The van der Waals surface area contributed by atoms with E-state index in [-0.39, 0.29) is 5.69 Å². The highest BCUT2D eigenvalue weighted by atomic mass is 16.6. The molecule has 2 aliphatic carbocycles. The Hall–Kier alpha value is -3.08. The maximum Gasteiger partial charge on any atom is 0.271 e. The van der Waals surface area contributed by atoms with Crippen molar-refractivity contribution in [2.45, 2.75) is 12.8 Å². The highest BCUT2D eigenvalue weighted by Gasteiger charge is 2.10. The van der Waals surface area contributed by atoms with E-state index in [9.17, 15) is 10.1 Å². The van der Waals surface area contributed by atoms with Crippen molar-refractivity contribution in [2.75, 3.05) is 0 Å². The number of hydrogen-bond donors (Lipinski definition) is 0. The second kappa shape index (κ2) is 6.79. The summed E-state index contributed by atoms with van der Waals surface area (Å²) < 4.78 is 0. The summed E-state index contributed by atoms with van der Waals surface area (Å²) in [5.74, 6) is 0. The molecule has 0 bridgehead atoms. The molecule has 1 aromatic carbocycles. The van der Waals surface area contributed by atoms with E-state index in [2.05, 4.69) is 16.1 Å². The average molecular weight is 305 g/mol. The van der Waals surface area contributed by atoms with Gasteiger partial charge in [0.05, 0.1) is 16.3 Å². The van der Waals surface area contributed by atoms with Crippen molar-refractivity contribution in [3.63, 3.8) is 0 Å². The van der Waals surface area contributed by atoms with Crippen LogP contribution in [0.5, 0.6) is 0 Å². The van der Waals surface area contributed by atoms with Gasteiger partial charge in [0, 0.05) is 24.6 Å². The highest BCUT2D eigenvalue weighted by molar-refractivity contribution is 5.87. The quantitative estimate of drug-likeness (QED) is 0.446. The monoisotopic (exact) mass is 305 g/mol. The maximum absolute atomic E-state index is 11.0. The van der Waals surface area contributed by atoms with Gasteiger partial charge >= 0.3 is 0 Å². The Morgan fingerprint density at radius 2 is 1.57 bits per heavy atom. The van der Waals surface area contributed by atoms with Crippen LogP contribution >= 0.6 is 0 Å². The molecule has 0 aromatic heterocycles. The minimum atomic E-state index is -0.424. The number of nitro groups is 1. The Kier molecular flexibility index (Phi) is 4.38. The first-order valence-corrected chi connectivity index (χ1v) is 7.30. The molecule has 3 rings (SSSR count). The van der Waals surface area contributed by atoms with E-state index < -0.39 is 4.92 Å². The Balaban J connectivity index is 1.89. The molecule has 0 N–H and O–H groups in total. The minimum Gasteiger partial charge on any atom is -0.258 e. The van der Waals surface area contributed by atoms with Gasteiger partial charge in [-0.1, -0.05) is 36.5 Å². The number of aliphatic imine (C=N–C) groups is 2. The molecule has 0 spiro atoms. The number of nitro benzene ring substituents is 1. The summed E-state index contributed by atoms with van der Waals surface area (Å²) in [6.45, 7) is 0. The molecule has 5 heteroatoms. The van der Waals surface area contributed by atoms with Crippen LogP contribution in [0, 0.1) is 10.1 Å². The second-order valence-electron chi connectivity index (χ2n) is 5.19. The molecular weight excluding hydrogens is 290 g/mol. The van der Waals surface area contributed by atoms with Gasteiger partial charge in [-0.05, 0) is 30.1 Å². The van der Waals surface area contributed by atoms with E-state index in [0.717, 1.165) is 24.0 Å². The maximum atomic E-state index is 11.0. The fourth-order valence-electron chi connectivity index (χ4n) is 2.26. The molecule has 0 saturated carbocycles. The first-order valence-electron chi connectivity index (χ1n) is 7.30. The molecule has 5 nitrogen and oxygen atoms in total. The van der Waals surface area contributed by atoms with Gasteiger partial charge in [-0.2, -0.15) is 0 Å². The van der Waals surface area contributed by atoms with Crippen LogP contribution in [0.15, 0.2) is 75.8 Å². The predicted octanol–water partition coefficient (Wildman–Crippen LogP) is 4.77. The van der Waals surface area contributed by atoms with Crippen molar-refractivity contribution < 1.29 is 4.92 Å². The number of rotatable bonds is 5. The van der Waals surface area contributed by atoms with Crippen molar-refractivity contribution in [3.05, 3.63) is 75.9 Å². The third-order valence-corrected chi connectivity index (χ3v) is 3.51. The first-order chi connectivity index (χ1) is 11.2. The lowest BCUT2D eigenvalue weighted by atomic mass is 10.2. The van der Waals surface area contributed by atoms with E-state index in [1.165, 1.54) is 12.1 Å². The smallest absolute Gasteiger partial charge is 0.258 e. The molecule has 0 atom stereocenters. The van der Waals surface area contributed by atoms with Gasteiger partial charge in [-0.15, -0.1) is 0 Å². The van der Waals surface area contributed by atoms with Crippen molar-refractivity contribution in [1.82, 2.24) is 0 Å². The van der Waals surface area contributed by atoms with Crippen LogP contribution < -0.4 is 0 Å². The number of nitrogens with zero attached hydrogens (tertiary/aromatic N) is 3. The van der Waals surface area contributed by atoms with Gasteiger partial charge in [0.15, 0.2) is 0 Å². The van der Waals surface area contributed by atoms with Crippen LogP contribution in [-0.4, -0.2) is 17.4 Å². The molecule has 0 saturated heterocycles. The highest BCUT2D eigenvalue weighted by Crippen LogP contribution is 2.32. The number of non-ortho nitro benzene ring substituents is 1. The predicted molar refractivity (Wildman–Crippen MR) is 93.1 cm³/mol. The normalized spacial score (nSPS) is 16.5. The third-order valence-electron chi connectivity index (χ3n) is 3.51. The fraction of sp³-hybridized carbons (Fsp3) is 0.111. The van der Waals surface area contributed by atoms with Gasteiger partial charge in [-0.3, -0.25) is 20.1 Å². The van der Waals surface area contributed by atoms with Crippen LogP contribution in [0.3, 0.4) is 0 Å². The van der Waals surface area contributed by atoms with Crippen molar-refractivity contribution in [3.8, 4) is 0 Å². The Morgan fingerprint density at radius 1 is 0.957 bits per heavy atom. The molecule has 2 aliphatic rings. The summed E-state index contributed by atoms with van der Waals surface area (Å²) in [5.41, 5.74) is 3.28. The van der Waals surface area contributed by atoms with Crippen molar-refractivity contribution in [2.24, 2.45) is 9.98 Å². The van der Waals surface area contributed by atoms with Crippen molar-refractivity contribution >= 4 is 29.5 Å². The number of benzene rings is 1. The van der Waals surface area contributed by atoms with Gasteiger partial charge in [0.2, 0.25) is 0 Å². The zero-order valence-corrected chi connectivity index (χ0v) is 12.4. The van der Waals surface area contributed by atoms with E-state index in [1.807, 2.05) is 30.4 Å². The minimum absolute atomic E-state index is 0.0105. The van der Waals surface area contributed by atoms with Gasteiger partial charge in [0.1, 0.15) is 0 Å². The van der Waals surface area contributed by atoms with E-state index in [0.29, 0.717) is 11.4 Å². The lowest BCUT2D eigenvalue weighted by molar-refractivity contribution is -0.384. The standard InChI is InChI=1S/C18H15N3O2/c22-21(23)16-9-10-17(19-12-14-5-1-2-6-14)18(11-16)20-13-15-7-3-4-8-15/h1-5,7,9-13H,6,8H2. The largest absolute Gasteiger partial charge is 0.271 e. The molecule has 0 amide bonds. The SMILES string of the molecule is O=[N+]([O-])c1ccc(N=CC2=CC=CC2)c(N=CC2=CC=CC2)c1. The molecule has 23 heavy (non-hydrogen) atoms. The second-order valence-corrected chi connectivity index (χ2v) is 5.19. The Morgan fingerprint density at radius 3 is 2.09 bits per heavy atom. The number of allylic oxidation sites excluding steroid dienone is 8. The van der Waals surface area contributed by atoms with E-state index in [1.54, 1.807) is 18.5 Å². The topological polar surface area (TPSA) is 67.9 Å². The average Bonchev–Trinajstić information content (AvgIpc) is 3.24. The lowest BCUT2D eigenvalue weighted by Gasteiger charge is -2.01. The molecule has 0 fully saturated rings. The van der Waals surface area contributed by atoms with E-state index in [4.69, 9.17) is 0 Å². The molecule has 0 unspecified atom stereocenters. The van der Waals surface area contributed by atoms with Gasteiger partial charge < -0.3 is 0 Å². The van der Waals surface area contributed by atoms with Crippen LogP contribution in [-0.2, 0) is 0 Å². The lowest BCUT2D eigenvalue weighted by Crippen LogP contribution is -1.87.